The minimum atomic E-state index is 0.600. The number of ether oxygens (including phenoxy) is 2. The lowest BCUT2D eigenvalue weighted by Crippen LogP contribution is -2.19. The van der Waals surface area contributed by atoms with Crippen molar-refractivity contribution in [3.8, 4) is 11.5 Å². The molecule has 4 heteroatoms. The highest BCUT2D eigenvalue weighted by Crippen LogP contribution is 2.36. The minimum absolute atomic E-state index is 0.600. The molecule has 0 amide bonds. The van der Waals surface area contributed by atoms with Gasteiger partial charge in [-0.25, -0.2) is 0 Å². The Morgan fingerprint density at radius 3 is 2.71 bits per heavy atom. The zero-order chi connectivity index (χ0) is 14.8. The Kier molecular flexibility index (Phi) is 3.60. The predicted molar refractivity (Wildman–Crippen MR) is 85.2 cm³/mol. The first-order chi connectivity index (χ1) is 10.2. The van der Waals surface area contributed by atoms with Gasteiger partial charge in [0.1, 0.15) is 0 Å². The summed E-state index contributed by atoms with van der Waals surface area (Å²) in [5.41, 5.74) is 10.5. The van der Waals surface area contributed by atoms with E-state index in [1.54, 1.807) is 14.2 Å². The number of hydrogen-bond acceptors (Lipinski definition) is 4. The maximum Gasteiger partial charge on any atom is 0.183 e. The summed E-state index contributed by atoms with van der Waals surface area (Å²) in [6, 6.07) is 12.5. The number of rotatable bonds is 4. The molecule has 2 aromatic carbocycles. The number of methoxy groups -OCH3 is 2. The number of nitrogens with two attached hydrogens (primary N) is 1. The molecule has 3 rings (SSSR count). The second-order valence-electron chi connectivity index (χ2n) is 5.22. The van der Waals surface area contributed by atoms with E-state index in [4.69, 9.17) is 15.2 Å². The van der Waals surface area contributed by atoms with E-state index in [0.29, 0.717) is 17.2 Å². The third-order valence-corrected chi connectivity index (χ3v) is 3.92. The van der Waals surface area contributed by atoms with Crippen molar-refractivity contribution in [2.75, 3.05) is 31.4 Å². The molecule has 0 fully saturated rings. The molecule has 4 nitrogen and oxygen atoms in total. The van der Waals surface area contributed by atoms with Crippen LogP contribution < -0.4 is 20.1 Å². The van der Waals surface area contributed by atoms with Crippen molar-refractivity contribution in [2.24, 2.45) is 0 Å². The van der Waals surface area contributed by atoms with E-state index in [9.17, 15) is 0 Å². The highest BCUT2D eigenvalue weighted by atomic mass is 16.5. The van der Waals surface area contributed by atoms with Gasteiger partial charge in [-0.05, 0) is 35.7 Å². The summed E-state index contributed by atoms with van der Waals surface area (Å²) < 4.78 is 10.7. The summed E-state index contributed by atoms with van der Waals surface area (Å²) in [6.45, 7) is 1.86. The van der Waals surface area contributed by atoms with Gasteiger partial charge in [0.05, 0.1) is 19.9 Å². The molecule has 0 saturated carbocycles. The first-order valence-corrected chi connectivity index (χ1v) is 7.06. The molecule has 1 aliphatic heterocycles. The first-order valence-electron chi connectivity index (χ1n) is 7.06. The van der Waals surface area contributed by atoms with E-state index < -0.39 is 0 Å². The number of fused-ring (bicyclic) bond motifs is 1. The molecule has 2 N–H and O–H groups in total. The summed E-state index contributed by atoms with van der Waals surface area (Å²) >= 11 is 0. The second-order valence-corrected chi connectivity index (χ2v) is 5.22. The normalized spacial score (nSPS) is 13.1. The van der Waals surface area contributed by atoms with E-state index in [1.807, 2.05) is 12.1 Å². The van der Waals surface area contributed by atoms with Crippen molar-refractivity contribution in [3.05, 3.63) is 47.5 Å². The highest BCUT2D eigenvalue weighted by Gasteiger charge is 2.19. The average Bonchev–Trinajstić information content (AvgIpc) is 2.90. The van der Waals surface area contributed by atoms with Gasteiger partial charge in [0.15, 0.2) is 11.5 Å². The topological polar surface area (TPSA) is 47.7 Å². The quantitative estimate of drug-likeness (QED) is 0.877. The van der Waals surface area contributed by atoms with Crippen LogP contribution in [0.15, 0.2) is 36.4 Å². The van der Waals surface area contributed by atoms with E-state index in [2.05, 4.69) is 29.2 Å². The largest absolute Gasteiger partial charge is 0.493 e. The molecule has 0 unspecified atom stereocenters. The summed E-state index contributed by atoms with van der Waals surface area (Å²) in [7, 11) is 3.23. The van der Waals surface area contributed by atoms with Crippen LogP contribution in [0.4, 0.5) is 11.4 Å². The van der Waals surface area contributed by atoms with Crippen LogP contribution in [0.3, 0.4) is 0 Å². The molecule has 0 bridgehead atoms. The van der Waals surface area contributed by atoms with Gasteiger partial charge in [0, 0.05) is 18.8 Å². The van der Waals surface area contributed by atoms with Crippen molar-refractivity contribution in [1.29, 1.82) is 0 Å². The van der Waals surface area contributed by atoms with Crippen LogP contribution in [0.25, 0.3) is 0 Å². The minimum Gasteiger partial charge on any atom is -0.493 e. The molecular formula is C17H20N2O2. The summed E-state index contributed by atoms with van der Waals surface area (Å²) in [5.74, 6) is 1.28. The molecule has 0 saturated heterocycles. The Morgan fingerprint density at radius 1 is 1.14 bits per heavy atom. The van der Waals surface area contributed by atoms with Crippen LogP contribution in [0.5, 0.6) is 11.5 Å². The maximum absolute atomic E-state index is 6.05. The van der Waals surface area contributed by atoms with E-state index in [0.717, 1.165) is 25.1 Å². The van der Waals surface area contributed by atoms with Gasteiger partial charge in [0.25, 0.3) is 0 Å². The molecule has 110 valence electrons. The number of anilines is 2. The fourth-order valence-electron chi connectivity index (χ4n) is 2.94. The third-order valence-electron chi connectivity index (χ3n) is 3.92. The molecule has 21 heavy (non-hydrogen) atoms. The Hall–Kier alpha value is -2.36. The molecule has 2 aromatic rings. The summed E-state index contributed by atoms with van der Waals surface area (Å²) in [5, 5.41) is 0. The standard InChI is InChI=1S/C17H20N2O2/c1-20-16-10-12(9-14(18)17(16)21-2)11-19-8-7-13-5-3-4-6-15(13)19/h3-6,9-10H,7-8,11,18H2,1-2H3. The lowest BCUT2D eigenvalue weighted by molar-refractivity contribution is 0.356. The fourth-order valence-corrected chi connectivity index (χ4v) is 2.94. The molecule has 0 aromatic heterocycles. The molecule has 1 heterocycles. The van der Waals surface area contributed by atoms with Crippen LogP contribution >= 0.6 is 0 Å². The zero-order valence-electron chi connectivity index (χ0n) is 12.4. The smallest absolute Gasteiger partial charge is 0.183 e. The molecule has 0 atom stereocenters. The predicted octanol–water partition coefficient (Wildman–Crippen LogP) is 2.85. The lowest BCUT2D eigenvalue weighted by Gasteiger charge is -2.21. The maximum atomic E-state index is 6.05. The van der Waals surface area contributed by atoms with Gasteiger partial charge < -0.3 is 20.1 Å². The first kappa shape index (κ1) is 13.6. The van der Waals surface area contributed by atoms with Crippen molar-refractivity contribution in [1.82, 2.24) is 0 Å². The van der Waals surface area contributed by atoms with E-state index in [1.165, 1.54) is 11.3 Å². The van der Waals surface area contributed by atoms with Gasteiger partial charge in [-0.15, -0.1) is 0 Å². The van der Waals surface area contributed by atoms with Gasteiger partial charge in [-0.1, -0.05) is 18.2 Å². The lowest BCUT2D eigenvalue weighted by atomic mass is 10.1. The van der Waals surface area contributed by atoms with Gasteiger partial charge >= 0.3 is 0 Å². The van der Waals surface area contributed by atoms with Crippen molar-refractivity contribution in [2.45, 2.75) is 13.0 Å². The molecule has 1 aliphatic rings. The Morgan fingerprint density at radius 2 is 1.95 bits per heavy atom. The van der Waals surface area contributed by atoms with Gasteiger partial charge in [-0.2, -0.15) is 0 Å². The Balaban J connectivity index is 1.88. The fraction of sp³-hybridized carbons (Fsp3) is 0.294. The van der Waals surface area contributed by atoms with E-state index in [-0.39, 0.29) is 0 Å². The summed E-state index contributed by atoms with van der Waals surface area (Å²) in [4.78, 5) is 2.37. The number of benzene rings is 2. The molecule has 0 radical (unpaired) electrons. The van der Waals surface area contributed by atoms with Crippen LogP contribution in [-0.2, 0) is 13.0 Å². The van der Waals surface area contributed by atoms with Crippen LogP contribution in [0.1, 0.15) is 11.1 Å². The Bertz CT molecular complexity index is 655. The van der Waals surface area contributed by atoms with Gasteiger partial charge in [-0.3, -0.25) is 0 Å². The SMILES string of the molecule is COc1cc(CN2CCc3ccccc32)cc(N)c1OC. The van der Waals surface area contributed by atoms with Crippen LogP contribution in [-0.4, -0.2) is 20.8 Å². The van der Waals surface area contributed by atoms with Crippen LogP contribution in [0.2, 0.25) is 0 Å². The second kappa shape index (κ2) is 5.56. The monoisotopic (exact) mass is 284 g/mol. The highest BCUT2D eigenvalue weighted by molar-refractivity contribution is 5.64. The number of nitrogens with zero attached hydrogens (tertiary/aromatic N) is 1. The number of hydrogen-bond donors (Lipinski definition) is 1. The summed E-state index contributed by atoms with van der Waals surface area (Å²) in [6.07, 6.45) is 1.10. The van der Waals surface area contributed by atoms with Gasteiger partial charge in [0.2, 0.25) is 0 Å². The van der Waals surface area contributed by atoms with Crippen molar-refractivity contribution >= 4 is 11.4 Å². The van der Waals surface area contributed by atoms with Crippen molar-refractivity contribution in [3.63, 3.8) is 0 Å². The Labute approximate surface area is 125 Å². The van der Waals surface area contributed by atoms with E-state index >= 15 is 0 Å². The molecule has 0 spiro atoms. The van der Waals surface area contributed by atoms with Crippen molar-refractivity contribution < 1.29 is 9.47 Å². The zero-order valence-corrected chi connectivity index (χ0v) is 12.4. The number of para-hydroxylation sites is 1. The number of nitrogen functional groups attached to an aromatic ring is 1. The average molecular weight is 284 g/mol. The van der Waals surface area contributed by atoms with Crippen LogP contribution in [0, 0.1) is 0 Å². The molecule has 0 aliphatic carbocycles. The third kappa shape index (κ3) is 2.49. The molecular weight excluding hydrogens is 264 g/mol.